The molecule has 0 aliphatic heterocycles. The van der Waals surface area contributed by atoms with Crippen LogP contribution in [-0.2, 0) is 6.54 Å². The summed E-state index contributed by atoms with van der Waals surface area (Å²) in [5, 5.41) is 3.39. The molecule has 0 amide bonds. The Hall–Kier alpha value is -1.95. The Bertz CT molecular complexity index is 598. The van der Waals surface area contributed by atoms with E-state index in [2.05, 4.69) is 20.3 Å². The highest BCUT2D eigenvalue weighted by Crippen LogP contribution is 2.12. The van der Waals surface area contributed by atoms with Crippen molar-refractivity contribution in [2.24, 2.45) is 0 Å². The summed E-state index contributed by atoms with van der Waals surface area (Å²) in [5.41, 5.74) is 0.226. The number of rotatable bonds is 4. The van der Waals surface area contributed by atoms with Crippen LogP contribution in [0, 0.1) is 0 Å². The molecule has 0 saturated heterocycles. The molecule has 0 spiro atoms. The van der Waals surface area contributed by atoms with Crippen LogP contribution in [0.15, 0.2) is 29.5 Å². The number of aromatic nitrogens is 4. The Morgan fingerprint density at radius 3 is 2.94 bits per heavy atom. The minimum atomic E-state index is -0.386. The minimum absolute atomic E-state index is 0.255. The van der Waals surface area contributed by atoms with E-state index in [0.717, 1.165) is 0 Å². The fraction of sp³-hybridized carbons (Fsp3) is 0.273. The maximum Gasteiger partial charge on any atom is 0.352 e. The topological polar surface area (TPSA) is 72.7 Å². The van der Waals surface area contributed by atoms with E-state index in [0.29, 0.717) is 23.2 Å². The number of anilines is 1. The Morgan fingerprint density at radius 1 is 1.44 bits per heavy atom. The zero-order valence-corrected chi connectivity index (χ0v) is 10.6. The number of hydrogen-bond acceptors (Lipinski definition) is 5. The maximum atomic E-state index is 11.7. The molecule has 94 valence electrons. The van der Waals surface area contributed by atoms with Gasteiger partial charge in [-0.3, -0.25) is 9.55 Å². The van der Waals surface area contributed by atoms with Crippen LogP contribution in [0.4, 0.5) is 5.95 Å². The molecule has 0 fully saturated rings. The van der Waals surface area contributed by atoms with Crippen LogP contribution < -0.4 is 11.0 Å². The number of nitrogens with zero attached hydrogens (tertiary/aromatic N) is 4. The van der Waals surface area contributed by atoms with Crippen LogP contribution in [0.3, 0.4) is 0 Å². The summed E-state index contributed by atoms with van der Waals surface area (Å²) in [7, 11) is 0. The first-order valence-electron chi connectivity index (χ1n) is 5.47. The summed E-state index contributed by atoms with van der Waals surface area (Å²) in [6, 6.07) is 3.46. The summed E-state index contributed by atoms with van der Waals surface area (Å²) in [5.74, 6) is 0.325. The monoisotopic (exact) mass is 265 g/mol. The molecular weight excluding hydrogens is 254 g/mol. The van der Waals surface area contributed by atoms with Gasteiger partial charge in [-0.15, -0.1) is 0 Å². The molecule has 0 unspecified atom stereocenters. The van der Waals surface area contributed by atoms with Crippen LogP contribution in [0.1, 0.15) is 12.6 Å². The van der Waals surface area contributed by atoms with Gasteiger partial charge in [0.05, 0.1) is 17.3 Å². The van der Waals surface area contributed by atoms with E-state index in [9.17, 15) is 4.79 Å². The standard InChI is InChI=1S/C11H12ClN5O/c1-2-13-10-15-7-17(11(18)16-10)6-9-8(12)4-3-5-14-9/h3-5,7H,2,6H2,1H3,(H,13,16,18). The van der Waals surface area contributed by atoms with Crippen molar-refractivity contribution in [3.63, 3.8) is 0 Å². The van der Waals surface area contributed by atoms with Crippen molar-refractivity contribution in [1.29, 1.82) is 0 Å². The zero-order chi connectivity index (χ0) is 13.0. The predicted molar refractivity (Wildman–Crippen MR) is 68.8 cm³/mol. The molecule has 2 rings (SSSR count). The average molecular weight is 266 g/mol. The third-order valence-electron chi connectivity index (χ3n) is 2.26. The lowest BCUT2D eigenvalue weighted by molar-refractivity contribution is 0.688. The lowest BCUT2D eigenvalue weighted by Crippen LogP contribution is -2.25. The predicted octanol–water partition coefficient (Wildman–Crippen LogP) is 1.17. The summed E-state index contributed by atoms with van der Waals surface area (Å²) >= 11 is 5.98. The molecule has 0 aromatic carbocycles. The summed E-state index contributed by atoms with van der Waals surface area (Å²) in [4.78, 5) is 23.7. The van der Waals surface area contributed by atoms with Gasteiger partial charge in [-0.2, -0.15) is 4.98 Å². The molecular formula is C11H12ClN5O. The van der Waals surface area contributed by atoms with E-state index >= 15 is 0 Å². The van der Waals surface area contributed by atoms with E-state index in [1.165, 1.54) is 10.9 Å². The van der Waals surface area contributed by atoms with Crippen molar-refractivity contribution in [2.45, 2.75) is 13.5 Å². The summed E-state index contributed by atoms with van der Waals surface area (Å²) in [6.45, 7) is 2.82. The molecule has 18 heavy (non-hydrogen) atoms. The van der Waals surface area contributed by atoms with Gasteiger partial charge in [0.1, 0.15) is 6.33 Å². The lowest BCUT2D eigenvalue weighted by atomic mass is 10.3. The van der Waals surface area contributed by atoms with Gasteiger partial charge in [0.2, 0.25) is 5.95 Å². The highest BCUT2D eigenvalue weighted by atomic mass is 35.5. The van der Waals surface area contributed by atoms with Crippen LogP contribution in [0.5, 0.6) is 0 Å². The first kappa shape index (κ1) is 12.5. The van der Waals surface area contributed by atoms with E-state index < -0.39 is 0 Å². The first-order valence-corrected chi connectivity index (χ1v) is 5.85. The average Bonchev–Trinajstić information content (AvgIpc) is 2.35. The van der Waals surface area contributed by atoms with Crippen LogP contribution in [0.25, 0.3) is 0 Å². The molecule has 0 aliphatic rings. The van der Waals surface area contributed by atoms with Crippen molar-refractivity contribution in [2.75, 3.05) is 11.9 Å². The Balaban J connectivity index is 2.25. The smallest absolute Gasteiger partial charge is 0.352 e. The van der Waals surface area contributed by atoms with Gasteiger partial charge in [0, 0.05) is 12.7 Å². The van der Waals surface area contributed by atoms with Crippen molar-refractivity contribution < 1.29 is 0 Å². The maximum absolute atomic E-state index is 11.7. The molecule has 7 heteroatoms. The van der Waals surface area contributed by atoms with E-state index in [-0.39, 0.29) is 12.2 Å². The first-order chi connectivity index (χ1) is 8.70. The fourth-order valence-corrected chi connectivity index (χ4v) is 1.59. The highest BCUT2D eigenvalue weighted by molar-refractivity contribution is 6.31. The largest absolute Gasteiger partial charge is 0.354 e. The molecule has 0 aliphatic carbocycles. The Labute approximate surface area is 109 Å². The van der Waals surface area contributed by atoms with Gasteiger partial charge < -0.3 is 5.32 Å². The minimum Gasteiger partial charge on any atom is -0.354 e. The van der Waals surface area contributed by atoms with Crippen molar-refractivity contribution in [3.8, 4) is 0 Å². The Kier molecular flexibility index (Phi) is 3.88. The Morgan fingerprint density at radius 2 is 2.28 bits per heavy atom. The quantitative estimate of drug-likeness (QED) is 0.898. The summed E-state index contributed by atoms with van der Waals surface area (Å²) in [6.07, 6.45) is 3.05. The van der Waals surface area contributed by atoms with Crippen LogP contribution in [0.2, 0.25) is 5.02 Å². The van der Waals surface area contributed by atoms with Gasteiger partial charge in [0.15, 0.2) is 0 Å². The molecule has 2 aromatic rings. The third-order valence-corrected chi connectivity index (χ3v) is 2.60. The third kappa shape index (κ3) is 2.84. The van der Waals surface area contributed by atoms with E-state index in [1.54, 1.807) is 18.3 Å². The molecule has 0 atom stereocenters. The van der Waals surface area contributed by atoms with E-state index in [4.69, 9.17) is 11.6 Å². The van der Waals surface area contributed by atoms with Gasteiger partial charge in [-0.1, -0.05) is 11.6 Å². The molecule has 1 N–H and O–H groups in total. The number of pyridine rings is 1. The summed E-state index contributed by atoms with van der Waals surface area (Å²) < 4.78 is 1.36. The van der Waals surface area contributed by atoms with Crippen LogP contribution >= 0.6 is 11.6 Å². The second-order valence-corrected chi connectivity index (χ2v) is 3.96. The molecule has 6 nitrogen and oxygen atoms in total. The SMILES string of the molecule is CCNc1ncn(Cc2ncccc2Cl)c(=O)n1. The second-order valence-electron chi connectivity index (χ2n) is 3.55. The van der Waals surface area contributed by atoms with Gasteiger partial charge in [0.25, 0.3) is 0 Å². The van der Waals surface area contributed by atoms with Gasteiger partial charge in [-0.05, 0) is 19.1 Å². The number of hydrogen-bond donors (Lipinski definition) is 1. The van der Waals surface area contributed by atoms with Crippen molar-refractivity contribution in [3.05, 3.63) is 45.9 Å². The van der Waals surface area contributed by atoms with Crippen LogP contribution in [-0.4, -0.2) is 26.1 Å². The second kappa shape index (κ2) is 5.59. The normalized spacial score (nSPS) is 10.3. The molecule has 0 bridgehead atoms. The molecule has 0 saturated carbocycles. The number of nitrogens with one attached hydrogen (secondary N) is 1. The fourth-order valence-electron chi connectivity index (χ4n) is 1.41. The van der Waals surface area contributed by atoms with Gasteiger partial charge >= 0.3 is 5.69 Å². The number of halogens is 1. The van der Waals surface area contributed by atoms with Gasteiger partial charge in [-0.25, -0.2) is 9.78 Å². The van der Waals surface area contributed by atoms with Crippen molar-refractivity contribution in [1.82, 2.24) is 19.5 Å². The lowest BCUT2D eigenvalue weighted by Gasteiger charge is -2.06. The zero-order valence-electron chi connectivity index (χ0n) is 9.80. The molecule has 2 heterocycles. The molecule has 0 radical (unpaired) electrons. The highest BCUT2D eigenvalue weighted by Gasteiger charge is 2.05. The van der Waals surface area contributed by atoms with E-state index in [1.807, 2.05) is 6.92 Å². The van der Waals surface area contributed by atoms with Crippen molar-refractivity contribution >= 4 is 17.5 Å². The molecule has 2 aromatic heterocycles.